The predicted octanol–water partition coefficient (Wildman–Crippen LogP) is 7.64. The van der Waals surface area contributed by atoms with E-state index in [0.29, 0.717) is 0 Å². The third-order valence-electron chi connectivity index (χ3n) is 6.66. The van der Waals surface area contributed by atoms with Gasteiger partial charge in [-0.25, -0.2) is 0 Å². The Morgan fingerprint density at radius 2 is 0.861 bits per heavy atom. The third-order valence-corrected chi connectivity index (χ3v) is 12.4. The number of ether oxygens (including phenoxy) is 2. The summed E-state index contributed by atoms with van der Waals surface area (Å²) < 4.78 is 11.5. The Balaban J connectivity index is 1.66. The van der Waals surface area contributed by atoms with E-state index >= 15 is 0 Å². The molecule has 0 aliphatic heterocycles. The number of para-hydroxylation sites is 2. The standard InChI is InChI=1S/C32H36O2P2/c1-25-13-5-11-19-31(25)35(23-27-15-7-9-17-29(27)33-3)21-22-36(32-20-12-6-14-26(32)2)24-28-16-8-10-18-30(28)34-4/h5-20H,21-24H2,1-4H3. The fraction of sp³-hybridized carbons (Fsp3) is 0.250. The first kappa shape index (κ1) is 26.4. The van der Waals surface area contributed by atoms with E-state index in [9.17, 15) is 0 Å². The van der Waals surface area contributed by atoms with E-state index < -0.39 is 0 Å². The van der Waals surface area contributed by atoms with Crippen LogP contribution in [0.2, 0.25) is 0 Å². The molecule has 2 unspecified atom stereocenters. The summed E-state index contributed by atoms with van der Waals surface area (Å²) in [5, 5.41) is 3.02. The Labute approximate surface area is 219 Å². The monoisotopic (exact) mass is 514 g/mol. The second kappa shape index (κ2) is 13.0. The molecular formula is C32H36O2P2. The predicted molar refractivity (Wildman–Crippen MR) is 159 cm³/mol. The number of hydrogen-bond acceptors (Lipinski definition) is 2. The smallest absolute Gasteiger partial charge is 0.122 e. The van der Waals surface area contributed by atoms with Crippen LogP contribution >= 0.6 is 15.8 Å². The van der Waals surface area contributed by atoms with Crippen LogP contribution in [0, 0.1) is 13.8 Å². The molecule has 4 aromatic rings. The van der Waals surface area contributed by atoms with Crippen LogP contribution in [0.3, 0.4) is 0 Å². The van der Waals surface area contributed by atoms with E-state index in [-0.39, 0.29) is 15.8 Å². The Bertz CT molecular complexity index is 1170. The molecule has 4 aromatic carbocycles. The molecule has 0 bridgehead atoms. The first-order valence-corrected chi connectivity index (χ1v) is 15.9. The molecule has 0 saturated heterocycles. The topological polar surface area (TPSA) is 18.5 Å². The Kier molecular flexibility index (Phi) is 9.57. The molecule has 36 heavy (non-hydrogen) atoms. The molecule has 0 aliphatic carbocycles. The van der Waals surface area contributed by atoms with Crippen molar-refractivity contribution >= 4 is 26.5 Å². The minimum absolute atomic E-state index is 0.388. The molecule has 0 spiro atoms. The number of rotatable bonds is 11. The molecule has 0 amide bonds. The molecule has 4 heteroatoms. The van der Waals surface area contributed by atoms with E-state index in [1.165, 1.54) is 45.2 Å². The van der Waals surface area contributed by atoms with Crippen LogP contribution in [-0.2, 0) is 12.3 Å². The fourth-order valence-electron chi connectivity index (χ4n) is 4.73. The first-order valence-electron chi connectivity index (χ1n) is 12.5. The van der Waals surface area contributed by atoms with Gasteiger partial charge in [0.25, 0.3) is 0 Å². The maximum absolute atomic E-state index is 5.73. The quantitative estimate of drug-likeness (QED) is 0.192. The highest BCUT2D eigenvalue weighted by atomic mass is 31.1. The maximum Gasteiger partial charge on any atom is 0.122 e. The summed E-state index contributed by atoms with van der Waals surface area (Å²) in [4.78, 5) is 0. The van der Waals surface area contributed by atoms with Crippen LogP contribution in [0.5, 0.6) is 11.5 Å². The first-order chi connectivity index (χ1) is 17.6. The van der Waals surface area contributed by atoms with E-state index in [1.807, 2.05) is 0 Å². The molecule has 0 aromatic heterocycles. The highest BCUT2D eigenvalue weighted by molar-refractivity contribution is 7.68. The summed E-state index contributed by atoms with van der Waals surface area (Å²) in [5.41, 5.74) is 5.39. The van der Waals surface area contributed by atoms with Crippen LogP contribution < -0.4 is 20.1 Å². The zero-order valence-corrected chi connectivity index (χ0v) is 23.6. The number of hydrogen-bond donors (Lipinski definition) is 0. The van der Waals surface area contributed by atoms with E-state index in [1.54, 1.807) is 14.2 Å². The van der Waals surface area contributed by atoms with Gasteiger partial charge >= 0.3 is 0 Å². The van der Waals surface area contributed by atoms with Crippen molar-refractivity contribution in [3.8, 4) is 11.5 Å². The molecule has 0 aliphatic rings. The molecular weight excluding hydrogens is 478 g/mol. The van der Waals surface area contributed by atoms with Crippen molar-refractivity contribution in [3.63, 3.8) is 0 Å². The lowest BCUT2D eigenvalue weighted by Crippen LogP contribution is -2.15. The normalized spacial score (nSPS) is 12.7. The van der Waals surface area contributed by atoms with Crippen molar-refractivity contribution in [1.82, 2.24) is 0 Å². The van der Waals surface area contributed by atoms with E-state index in [2.05, 4.69) is 111 Å². The van der Waals surface area contributed by atoms with Crippen molar-refractivity contribution < 1.29 is 9.47 Å². The average Bonchev–Trinajstić information content (AvgIpc) is 2.91. The largest absolute Gasteiger partial charge is 0.496 e. The van der Waals surface area contributed by atoms with Gasteiger partial charge in [-0.1, -0.05) is 101 Å². The lowest BCUT2D eigenvalue weighted by molar-refractivity contribution is 0.411. The summed E-state index contributed by atoms with van der Waals surface area (Å²) in [6, 6.07) is 34.9. The summed E-state index contributed by atoms with van der Waals surface area (Å²) in [7, 11) is 2.78. The second-order valence-electron chi connectivity index (χ2n) is 9.04. The molecule has 0 N–H and O–H groups in total. The minimum atomic E-state index is -0.388. The van der Waals surface area contributed by atoms with Gasteiger partial charge in [-0.2, -0.15) is 0 Å². The molecule has 0 saturated carbocycles. The van der Waals surface area contributed by atoms with Crippen molar-refractivity contribution in [2.24, 2.45) is 0 Å². The van der Waals surface area contributed by atoms with Gasteiger partial charge in [-0.05, 0) is 71.2 Å². The fourth-order valence-corrected chi connectivity index (χ4v) is 10.9. The summed E-state index contributed by atoms with van der Waals surface area (Å²) >= 11 is 0. The summed E-state index contributed by atoms with van der Waals surface area (Å²) in [6.45, 7) is 4.51. The van der Waals surface area contributed by atoms with Crippen LogP contribution in [-0.4, -0.2) is 26.5 Å². The highest BCUT2D eigenvalue weighted by Gasteiger charge is 2.21. The van der Waals surface area contributed by atoms with Gasteiger partial charge < -0.3 is 9.47 Å². The van der Waals surface area contributed by atoms with Crippen molar-refractivity contribution in [2.45, 2.75) is 26.2 Å². The third kappa shape index (κ3) is 6.56. The van der Waals surface area contributed by atoms with Gasteiger partial charge in [0.1, 0.15) is 11.5 Å². The van der Waals surface area contributed by atoms with Crippen LogP contribution in [0.25, 0.3) is 0 Å². The summed E-state index contributed by atoms with van der Waals surface area (Å²) in [5.74, 6) is 1.99. The Morgan fingerprint density at radius 1 is 0.500 bits per heavy atom. The molecule has 0 radical (unpaired) electrons. The van der Waals surface area contributed by atoms with Crippen LogP contribution in [0.15, 0.2) is 97.1 Å². The van der Waals surface area contributed by atoms with Gasteiger partial charge in [-0.15, -0.1) is 0 Å². The van der Waals surface area contributed by atoms with Gasteiger partial charge in [0.05, 0.1) is 14.2 Å². The second-order valence-corrected chi connectivity index (χ2v) is 13.7. The van der Waals surface area contributed by atoms with Crippen LogP contribution in [0.4, 0.5) is 0 Å². The molecule has 2 nitrogen and oxygen atoms in total. The zero-order valence-electron chi connectivity index (χ0n) is 21.8. The Hall–Kier alpha value is -2.66. The van der Waals surface area contributed by atoms with Crippen molar-refractivity contribution in [1.29, 1.82) is 0 Å². The van der Waals surface area contributed by atoms with E-state index in [4.69, 9.17) is 9.47 Å². The highest BCUT2D eigenvalue weighted by Crippen LogP contribution is 2.48. The number of aryl methyl sites for hydroxylation is 2. The van der Waals surface area contributed by atoms with Crippen LogP contribution in [0.1, 0.15) is 22.3 Å². The molecule has 2 atom stereocenters. The van der Waals surface area contributed by atoms with Crippen molar-refractivity contribution in [2.75, 3.05) is 26.5 Å². The molecule has 4 rings (SSSR count). The van der Waals surface area contributed by atoms with Gasteiger partial charge in [0.15, 0.2) is 0 Å². The lowest BCUT2D eigenvalue weighted by Gasteiger charge is -2.26. The SMILES string of the molecule is COc1ccccc1CP(CCP(Cc1ccccc1OC)c1ccccc1C)c1ccccc1C. The lowest BCUT2D eigenvalue weighted by atomic mass is 10.2. The number of methoxy groups -OCH3 is 2. The van der Waals surface area contributed by atoms with Gasteiger partial charge in [-0.3, -0.25) is 0 Å². The van der Waals surface area contributed by atoms with E-state index in [0.717, 1.165) is 23.8 Å². The van der Waals surface area contributed by atoms with Gasteiger partial charge in [0, 0.05) is 12.3 Å². The zero-order chi connectivity index (χ0) is 25.3. The maximum atomic E-state index is 5.73. The molecule has 0 fully saturated rings. The molecule has 0 heterocycles. The average molecular weight is 515 g/mol. The van der Waals surface area contributed by atoms with Gasteiger partial charge in [0.2, 0.25) is 0 Å². The number of benzene rings is 4. The minimum Gasteiger partial charge on any atom is -0.496 e. The molecule has 186 valence electrons. The Morgan fingerprint density at radius 3 is 1.25 bits per heavy atom. The van der Waals surface area contributed by atoms with Crippen molar-refractivity contribution in [3.05, 3.63) is 119 Å². The summed E-state index contributed by atoms with van der Waals surface area (Å²) in [6.07, 6.45) is 4.45.